The molecule has 1 saturated heterocycles. The number of amides is 1. The third kappa shape index (κ3) is 3.16. The first kappa shape index (κ1) is 14.5. The lowest BCUT2D eigenvalue weighted by atomic mass is 10.1. The van der Waals surface area contributed by atoms with Gasteiger partial charge in [-0.25, -0.2) is 0 Å². The number of benzene rings is 1. The molecular weight excluding hydrogens is 308 g/mol. The molecule has 5 heteroatoms. The van der Waals surface area contributed by atoms with Crippen LogP contribution in [0.25, 0.3) is 0 Å². The molecule has 1 fully saturated rings. The fraction of sp³-hybridized carbons (Fsp3) is 0.500. The number of nitrogens with one attached hydrogen (secondary N) is 1. The summed E-state index contributed by atoms with van der Waals surface area (Å²) < 4.78 is 1.00. The van der Waals surface area contributed by atoms with Crippen LogP contribution in [0.1, 0.15) is 12.5 Å². The Morgan fingerprint density at radius 1 is 1.53 bits per heavy atom. The lowest BCUT2D eigenvalue weighted by Crippen LogP contribution is -2.46. The molecule has 1 aliphatic heterocycles. The SMILES string of the molecule is Cc1cc(Br)ccc1N1CC(C)CNC(CO)C1=O. The fourth-order valence-electron chi connectivity index (χ4n) is 2.37. The third-order valence-electron chi connectivity index (χ3n) is 3.40. The normalized spacial score (nSPS) is 24.4. The largest absolute Gasteiger partial charge is 0.394 e. The van der Waals surface area contributed by atoms with Crippen molar-refractivity contribution in [3.05, 3.63) is 28.2 Å². The first-order valence-electron chi connectivity index (χ1n) is 6.44. The van der Waals surface area contributed by atoms with Gasteiger partial charge in [-0.15, -0.1) is 0 Å². The van der Waals surface area contributed by atoms with Crippen LogP contribution < -0.4 is 10.2 Å². The molecule has 0 aliphatic carbocycles. The summed E-state index contributed by atoms with van der Waals surface area (Å²) in [7, 11) is 0. The van der Waals surface area contributed by atoms with Crippen molar-refractivity contribution in [2.75, 3.05) is 24.6 Å². The molecule has 1 aromatic rings. The number of carbonyl (C=O) groups is 1. The van der Waals surface area contributed by atoms with E-state index >= 15 is 0 Å². The van der Waals surface area contributed by atoms with Crippen molar-refractivity contribution in [1.82, 2.24) is 5.32 Å². The number of anilines is 1. The Balaban J connectivity index is 2.36. The zero-order valence-corrected chi connectivity index (χ0v) is 12.8. The van der Waals surface area contributed by atoms with E-state index < -0.39 is 6.04 Å². The van der Waals surface area contributed by atoms with Gasteiger partial charge in [0.15, 0.2) is 0 Å². The van der Waals surface area contributed by atoms with Crippen LogP contribution in [-0.4, -0.2) is 36.8 Å². The standard InChI is InChI=1S/C14H19BrN2O2/c1-9-6-16-12(8-18)14(19)17(7-9)13-4-3-11(15)5-10(13)2/h3-5,9,12,16,18H,6-8H2,1-2H3. The van der Waals surface area contributed by atoms with Crippen LogP contribution in [0.5, 0.6) is 0 Å². The van der Waals surface area contributed by atoms with Crippen LogP contribution in [-0.2, 0) is 4.79 Å². The van der Waals surface area contributed by atoms with Crippen LogP contribution in [0.15, 0.2) is 22.7 Å². The van der Waals surface area contributed by atoms with E-state index in [9.17, 15) is 9.90 Å². The molecule has 0 radical (unpaired) electrons. The van der Waals surface area contributed by atoms with Gasteiger partial charge < -0.3 is 15.3 Å². The van der Waals surface area contributed by atoms with Gasteiger partial charge in [0.05, 0.1) is 6.61 Å². The molecule has 19 heavy (non-hydrogen) atoms. The minimum Gasteiger partial charge on any atom is -0.394 e. The lowest BCUT2D eigenvalue weighted by molar-refractivity contribution is -0.121. The highest BCUT2D eigenvalue weighted by Crippen LogP contribution is 2.26. The topological polar surface area (TPSA) is 52.6 Å². The Hall–Kier alpha value is -0.910. The molecule has 2 atom stereocenters. The van der Waals surface area contributed by atoms with Gasteiger partial charge in [-0.1, -0.05) is 22.9 Å². The molecule has 2 rings (SSSR count). The van der Waals surface area contributed by atoms with Gasteiger partial charge in [0.25, 0.3) is 0 Å². The Morgan fingerprint density at radius 3 is 2.89 bits per heavy atom. The van der Waals surface area contributed by atoms with Crippen LogP contribution in [0.3, 0.4) is 0 Å². The van der Waals surface area contributed by atoms with Crippen molar-refractivity contribution in [1.29, 1.82) is 0 Å². The van der Waals surface area contributed by atoms with Crippen molar-refractivity contribution in [3.8, 4) is 0 Å². The second-order valence-corrected chi connectivity index (χ2v) is 6.04. The van der Waals surface area contributed by atoms with Crippen molar-refractivity contribution >= 4 is 27.5 Å². The molecule has 0 bridgehead atoms. The zero-order valence-electron chi connectivity index (χ0n) is 11.2. The van der Waals surface area contributed by atoms with E-state index in [1.165, 1.54) is 0 Å². The summed E-state index contributed by atoms with van der Waals surface area (Å²) in [6.07, 6.45) is 0. The molecule has 0 aromatic heterocycles. The smallest absolute Gasteiger partial charge is 0.246 e. The molecular formula is C14H19BrN2O2. The average Bonchev–Trinajstić information content (AvgIpc) is 2.50. The van der Waals surface area contributed by atoms with E-state index in [2.05, 4.69) is 28.2 Å². The predicted molar refractivity (Wildman–Crippen MR) is 79.3 cm³/mol. The summed E-state index contributed by atoms with van der Waals surface area (Å²) in [5.74, 6) is 0.292. The van der Waals surface area contributed by atoms with Crippen LogP contribution in [0.2, 0.25) is 0 Å². The molecule has 2 unspecified atom stereocenters. The van der Waals surface area contributed by atoms with Crippen LogP contribution in [0.4, 0.5) is 5.69 Å². The van der Waals surface area contributed by atoms with E-state index in [1.807, 2.05) is 25.1 Å². The summed E-state index contributed by atoms with van der Waals surface area (Å²) in [5.41, 5.74) is 1.97. The van der Waals surface area contributed by atoms with E-state index in [4.69, 9.17) is 0 Å². The molecule has 1 heterocycles. The maximum absolute atomic E-state index is 12.5. The van der Waals surface area contributed by atoms with Gasteiger partial charge in [0.2, 0.25) is 5.91 Å². The van der Waals surface area contributed by atoms with Gasteiger partial charge in [-0.3, -0.25) is 4.79 Å². The Kier molecular flexibility index (Phi) is 4.60. The Bertz CT molecular complexity index is 479. The number of carbonyl (C=O) groups excluding carboxylic acids is 1. The minimum absolute atomic E-state index is 0.0581. The number of hydrogen-bond acceptors (Lipinski definition) is 3. The zero-order chi connectivity index (χ0) is 14.0. The number of hydrogen-bond donors (Lipinski definition) is 2. The van der Waals surface area contributed by atoms with Crippen LogP contribution >= 0.6 is 15.9 Å². The Morgan fingerprint density at radius 2 is 2.26 bits per heavy atom. The summed E-state index contributed by atoms with van der Waals surface area (Å²) in [5, 5.41) is 12.4. The van der Waals surface area contributed by atoms with Gasteiger partial charge in [0.1, 0.15) is 6.04 Å². The highest BCUT2D eigenvalue weighted by molar-refractivity contribution is 9.10. The molecule has 2 N–H and O–H groups in total. The average molecular weight is 327 g/mol. The first-order chi connectivity index (χ1) is 9.02. The van der Waals surface area contributed by atoms with Gasteiger partial charge in [-0.2, -0.15) is 0 Å². The number of aliphatic hydroxyl groups is 1. The summed E-state index contributed by atoms with van der Waals surface area (Å²) in [6, 6.07) is 5.38. The Labute approximate surface area is 121 Å². The summed E-state index contributed by atoms with van der Waals surface area (Å²) >= 11 is 3.43. The molecule has 1 aromatic carbocycles. The summed E-state index contributed by atoms with van der Waals surface area (Å²) in [6.45, 7) is 5.33. The molecule has 0 spiro atoms. The number of aliphatic hydroxyl groups excluding tert-OH is 1. The van der Waals surface area contributed by atoms with Gasteiger partial charge in [0, 0.05) is 23.2 Å². The number of rotatable bonds is 2. The first-order valence-corrected chi connectivity index (χ1v) is 7.24. The van der Waals surface area contributed by atoms with Crippen molar-refractivity contribution < 1.29 is 9.90 Å². The van der Waals surface area contributed by atoms with Gasteiger partial charge in [-0.05, 0) is 36.6 Å². The van der Waals surface area contributed by atoms with Crippen LogP contribution in [0, 0.1) is 12.8 Å². The molecule has 1 aliphatic rings. The van der Waals surface area contributed by atoms with E-state index in [0.29, 0.717) is 12.5 Å². The number of nitrogens with zero attached hydrogens (tertiary/aromatic N) is 1. The molecule has 0 saturated carbocycles. The van der Waals surface area contributed by atoms with E-state index in [0.717, 1.165) is 22.3 Å². The maximum Gasteiger partial charge on any atom is 0.246 e. The minimum atomic E-state index is -0.506. The van der Waals surface area contributed by atoms with Gasteiger partial charge >= 0.3 is 0 Å². The quantitative estimate of drug-likeness (QED) is 0.869. The van der Waals surface area contributed by atoms with Crippen molar-refractivity contribution in [3.63, 3.8) is 0 Å². The summed E-state index contributed by atoms with van der Waals surface area (Å²) in [4.78, 5) is 14.2. The van der Waals surface area contributed by atoms with E-state index in [1.54, 1.807) is 4.90 Å². The maximum atomic E-state index is 12.5. The lowest BCUT2D eigenvalue weighted by Gasteiger charge is -2.26. The second kappa shape index (κ2) is 6.03. The predicted octanol–water partition coefficient (Wildman–Crippen LogP) is 1.69. The molecule has 4 nitrogen and oxygen atoms in total. The second-order valence-electron chi connectivity index (χ2n) is 5.13. The molecule has 1 amide bonds. The third-order valence-corrected chi connectivity index (χ3v) is 3.90. The fourth-order valence-corrected chi connectivity index (χ4v) is 2.84. The van der Waals surface area contributed by atoms with Crippen molar-refractivity contribution in [2.24, 2.45) is 5.92 Å². The highest BCUT2D eigenvalue weighted by Gasteiger charge is 2.30. The van der Waals surface area contributed by atoms with Crippen molar-refractivity contribution in [2.45, 2.75) is 19.9 Å². The monoisotopic (exact) mass is 326 g/mol. The van der Waals surface area contributed by atoms with E-state index in [-0.39, 0.29) is 12.5 Å². The number of aryl methyl sites for hydroxylation is 1. The molecule has 104 valence electrons. The highest BCUT2D eigenvalue weighted by atomic mass is 79.9. The number of halogens is 1.